The molecule has 114 valence electrons. The number of nitrogens with zero attached hydrogens (tertiary/aromatic N) is 3. The van der Waals surface area contributed by atoms with E-state index in [2.05, 4.69) is 32.4 Å². The number of nitrogens with one attached hydrogen (secondary N) is 2. The molecule has 0 amide bonds. The third-order valence-electron chi connectivity index (χ3n) is 2.62. The molecule has 1 heterocycles. The zero-order chi connectivity index (χ0) is 14.8. The zero-order valence-corrected chi connectivity index (χ0v) is 13.1. The first kappa shape index (κ1) is 16.7. The Balaban J connectivity index is 2.30. The van der Waals surface area contributed by atoms with Gasteiger partial charge < -0.3 is 20.3 Å². The fourth-order valence-corrected chi connectivity index (χ4v) is 1.58. The van der Waals surface area contributed by atoms with Crippen molar-refractivity contribution in [2.24, 2.45) is 0 Å². The summed E-state index contributed by atoms with van der Waals surface area (Å²) in [6.07, 6.45) is 1.06. The van der Waals surface area contributed by atoms with E-state index < -0.39 is 0 Å². The molecule has 0 fully saturated rings. The van der Waals surface area contributed by atoms with E-state index in [9.17, 15) is 0 Å². The lowest BCUT2D eigenvalue weighted by molar-refractivity contribution is 0.126. The number of likely N-dealkylation sites (N-methyl/N-ethyl adjacent to an activating group) is 1. The monoisotopic (exact) mass is 281 g/mol. The normalized spacial score (nSPS) is 10.8. The Morgan fingerprint density at radius 1 is 1.15 bits per heavy atom. The number of rotatable bonds is 10. The van der Waals surface area contributed by atoms with Gasteiger partial charge in [0.2, 0.25) is 5.95 Å². The molecule has 0 spiro atoms. The molecule has 1 rings (SSSR count). The molecule has 0 bridgehead atoms. The highest BCUT2D eigenvalue weighted by molar-refractivity contribution is 5.42. The van der Waals surface area contributed by atoms with Gasteiger partial charge in [0.15, 0.2) is 0 Å². The highest BCUT2D eigenvalue weighted by atomic mass is 16.5. The maximum atomic E-state index is 5.53. The smallest absolute Gasteiger partial charge is 0.224 e. The molecule has 0 unspecified atom stereocenters. The Morgan fingerprint density at radius 2 is 1.95 bits per heavy atom. The van der Waals surface area contributed by atoms with Crippen LogP contribution in [0.2, 0.25) is 0 Å². The van der Waals surface area contributed by atoms with Gasteiger partial charge in [-0.3, -0.25) is 0 Å². The van der Waals surface area contributed by atoms with E-state index in [1.54, 1.807) is 0 Å². The molecule has 0 aliphatic heterocycles. The van der Waals surface area contributed by atoms with Crippen molar-refractivity contribution < 1.29 is 4.74 Å². The lowest BCUT2D eigenvalue weighted by Gasteiger charge is -2.11. The van der Waals surface area contributed by atoms with E-state index in [0.29, 0.717) is 12.6 Å². The Hall–Kier alpha value is -1.40. The minimum Gasteiger partial charge on any atom is -0.378 e. The summed E-state index contributed by atoms with van der Waals surface area (Å²) in [4.78, 5) is 10.9. The van der Waals surface area contributed by atoms with E-state index in [4.69, 9.17) is 4.74 Å². The molecular weight excluding hydrogens is 254 g/mol. The SMILES string of the molecule is CCCNc1nc(C)cc(NCCOCCN(C)C)n1. The molecule has 1 aromatic heterocycles. The fraction of sp³-hybridized carbons (Fsp3) is 0.714. The van der Waals surface area contributed by atoms with Crippen LogP contribution >= 0.6 is 0 Å². The predicted molar refractivity (Wildman–Crippen MR) is 83.4 cm³/mol. The predicted octanol–water partition coefficient (Wildman–Crippen LogP) is 1.60. The highest BCUT2D eigenvalue weighted by Crippen LogP contribution is 2.09. The minimum absolute atomic E-state index is 0.675. The number of anilines is 2. The van der Waals surface area contributed by atoms with E-state index in [-0.39, 0.29) is 0 Å². The van der Waals surface area contributed by atoms with Gasteiger partial charge in [-0.1, -0.05) is 6.92 Å². The third kappa shape index (κ3) is 7.25. The second kappa shape index (κ2) is 9.50. The van der Waals surface area contributed by atoms with Gasteiger partial charge in [0.05, 0.1) is 13.2 Å². The topological polar surface area (TPSA) is 62.3 Å². The fourth-order valence-electron chi connectivity index (χ4n) is 1.58. The van der Waals surface area contributed by atoms with E-state index in [0.717, 1.165) is 44.2 Å². The Labute approximate surface area is 121 Å². The molecule has 0 atom stereocenters. The molecule has 20 heavy (non-hydrogen) atoms. The van der Waals surface area contributed by atoms with Gasteiger partial charge in [-0.15, -0.1) is 0 Å². The van der Waals surface area contributed by atoms with E-state index in [1.165, 1.54) is 0 Å². The molecule has 6 heteroatoms. The minimum atomic E-state index is 0.675. The second-order valence-electron chi connectivity index (χ2n) is 4.99. The number of hydrogen-bond donors (Lipinski definition) is 2. The van der Waals surface area contributed by atoms with Crippen LogP contribution in [0.3, 0.4) is 0 Å². The molecule has 0 aliphatic carbocycles. The third-order valence-corrected chi connectivity index (χ3v) is 2.62. The summed E-state index contributed by atoms with van der Waals surface area (Å²) in [5, 5.41) is 6.46. The summed E-state index contributed by atoms with van der Waals surface area (Å²) in [6.45, 7) is 8.09. The molecule has 0 radical (unpaired) electrons. The maximum absolute atomic E-state index is 5.53. The number of aryl methyl sites for hydroxylation is 1. The van der Waals surface area contributed by atoms with E-state index >= 15 is 0 Å². The van der Waals surface area contributed by atoms with Gasteiger partial charge in [0.25, 0.3) is 0 Å². The number of hydrogen-bond acceptors (Lipinski definition) is 6. The zero-order valence-electron chi connectivity index (χ0n) is 13.1. The van der Waals surface area contributed by atoms with Crippen LogP contribution in [0.4, 0.5) is 11.8 Å². The maximum Gasteiger partial charge on any atom is 0.224 e. The average molecular weight is 281 g/mol. The van der Waals surface area contributed by atoms with Crippen LogP contribution in [-0.4, -0.2) is 61.8 Å². The van der Waals surface area contributed by atoms with Gasteiger partial charge in [-0.2, -0.15) is 4.98 Å². The molecule has 0 saturated heterocycles. The van der Waals surface area contributed by atoms with Gasteiger partial charge in [0.1, 0.15) is 5.82 Å². The van der Waals surface area contributed by atoms with Crippen LogP contribution in [0, 0.1) is 6.92 Å². The quantitative estimate of drug-likeness (QED) is 0.635. The molecule has 0 aliphatic rings. The number of aromatic nitrogens is 2. The van der Waals surface area contributed by atoms with Crippen LogP contribution in [0.5, 0.6) is 0 Å². The molecule has 6 nitrogen and oxygen atoms in total. The Bertz CT molecular complexity index is 384. The average Bonchev–Trinajstić information content (AvgIpc) is 2.39. The first-order valence-electron chi connectivity index (χ1n) is 7.17. The molecule has 2 N–H and O–H groups in total. The van der Waals surface area contributed by atoms with Crippen LogP contribution in [0.1, 0.15) is 19.0 Å². The number of ether oxygens (including phenoxy) is 1. The van der Waals surface area contributed by atoms with Crippen molar-refractivity contribution in [2.75, 3.05) is 57.6 Å². The molecule has 1 aromatic rings. The van der Waals surface area contributed by atoms with Gasteiger partial charge in [-0.25, -0.2) is 4.98 Å². The van der Waals surface area contributed by atoms with Crippen molar-refractivity contribution in [1.29, 1.82) is 0 Å². The highest BCUT2D eigenvalue weighted by Gasteiger charge is 2.01. The first-order chi connectivity index (χ1) is 9.61. The van der Waals surface area contributed by atoms with Gasteiger partial charge in [0, 0.05) is 31.4 Å². The molecule has 0 saturated carbocycles. The van der Waals surface area contributed by atoms with Crippen LogP contribution < -0.4 is 10.6 Å². The summed E-state index contributed by atoms with van der Waals surface area (Å²) in [5.74, 6) is 1.52. The lowest BCUT2D eigenvalue weighted by atomic mass is 10.4. The van der Waals surface area contributed by atoms with Crippen molar-refractivity contribution in [1.82, 2.24) is 14.9 Å². The van der Waals surface area contributed by atoms with Crippen LogP contribution in [0.25, 0.3) is 0 Å². The summed E-state index contributed by atoms with van der Waals surface area (Å²) < 4.78 is 5.53. The summed E-state index contributed by atoms with van der Waals surface area (Å²) in [5.41, 5.74) is 0.953. The van der Waals surface area contributed by atoms with Crippen molar-refractivity contribution in [3.05, 3.63) is 11.8 Å². The molecular formula is C14H27N5O. The van der Waals surface area contributed by atoms with Crippen molar-refractivity contribution >= 4 is 11.8 Å². The van der Waals surface area contributed by atoms with Crippen LogP contribution in [-0.2, 0) is 4.74 Å². The second-order valence-corrected chi connectivity index (χ2v) is 4.99. The summed E-state index contributed by atoms with van der Waals surface area (Å²) >= 11 is 0. The van der Waals surface area contributed by atoms with Gasteiger partial charge in [-0.05, 0) is 27.4 Å². The summed E-state index contributed by atoms with van der Waals surface area (Å²) in [6, 6.07) is 1.94. The van der Waals surface area contributed by atoms with Crippen molar-refractivity contribution in [3.63, 3.8) is 0 Å². The lowest BCUT2D eigenvalue weighted by Crippen LogP contribution is -2.20. The van der Waals surface area contributed by atoms with Gasteiger partial charge >= 0.3 is 0 Å². The first-order valence-corrected chi connectivity index (χ1v) is 7.17. The van der Waals surface area contributed by atoms with Crippen LogP contribution in [0.15, 0.2) is 6.07 Å². The largest absolute Gasteiger partial charge is 0.378 e. The Kier molecular flexibility index (Phi) is 7.91. The summed E-state index contributed by atoms with van der Waals surface area (Å²) in [7, 11) is 4.08. The molecule has 0 aromatic carbocycles. The van der Waals surface area contributed by atoms with E-state index in [1.807, 2.05) is 27.1 Å². The van der Waals surface area contributed by atoms with Crippen molar-refractivity contribution in [3.8, 4) is 0 Å². The Morgan fingerprint density at radius 3 is 2.65 bits per heavy atom. The standard InChI is InChI=1S/C14H27N5O/c1-5-6-16-14-17-12(2)11-13(18-14)15-7-9-20-10-8-19(3)4/h11H,5-10H2,1-4H3,(H2,15,16,17,18). The van der Waals surface area contributed by atoms with Crippen molar-refractivity contribution in [2.45, 2.75) is 20.3 Å².